The van der Waals surface area contributed by atoms with E-state index in [1.165, 1.54) is 0 Å². The van der Waals surface area contributed by atoms with Crippen molar-refractivity contribution in [1.29, 1.82) is 0 Å². The number of hydrogen-bond donors (Lipinski definition) is 1. The monoisotopic (exact) mass is 446 g/mol. The molecule has 2 aliphatic heterocycles. The van der Waals surface area contributed by atoms with E-state index in [4.69, 9.17) is 38.0 Å². The number of aliphatic carboxylic acids is 1. The molecule has 1 aromatic carbocycles. The van der Waals surface area contributed by atoms with Gasteiger partial charge in [-0.05, 0) is 30.9 Å². The highest BCUT2D eigenvalue weighted by Crippen LogP contribution is 2.52. The van der Waals surface area contributed by atoms with Crippen LogP contribution in [0.3, 0.4) is 0 Å². The average molecular weight is 447 g/mol. The third-order valence-corrected chi connectivity index (χ3v) is 6.87. The van der Waals surface area contributed by atoms with Crippen LogP contribution < -0.4 is 4.90 Å². The Morgan fingerprint density at radius 1 is 1.33 bits per heavy atom. The van der Waals surface area contributed by atoms with E-state index in [1.54, 1.807) is 18.6 Å². The second-order valence-corrected chi connectivity index (χ2v) is 8.82. The number of anilines is 1. The summed E-state index contributed by atoms with van der Waals surface area (Å²) in [5.41, 5.74) is 1.43. The van der Waals surface area contributed by atoms with Crippen molar-refractivity contribution >= 4 is 45.9 Å². The number of hydrogen-bond acceptors (Lipinski definition) is 5. The first kappa shape index (κ1) is 19.6. The van der Waals surface area contributed by atoms with E-state index in [0.29, 0.717) is 28.1 Å². The zero-order valence-corrected chi connectivity index (χ0v) is 17.6. The first-order chi connectivity index (χ1) is 14.5. The maximum atomic E-state index is 10.8. The molecule has 30 heavy (non-hydrogen) atoms. The third kappa shape index (κ3) is 3.21. The molecular formula is C21H20Cl2N4O3. The van der Waals surface area contributed by atoms with Gasteiger partial charge in [0.05, 0.1) is 52.8 Å². The topological polar surface area (TPSA) is 80.5 Å². The van der Waals surface area contributed by atoms with Crippen LogP contribution in [-0.4, -0.2) is 50.9 Å². The molecule has 156 valence electrons. The number of aromatic nitrogens is 3. The molecule has 1 N–H and O–H groups in total. The van der Waals surface area contributed by atoms with Gasteiger partial charge in [-0.25, -0.2) is 9.97 Å². The Balaban J connectivity index is 1.54. The molecule has 3 aliphatic rings. The highest BCUT2D eigenvalue weighted by atomic mass is 35.5. The van der Waals surface area contributed by atoms with Crippen molar-refractivity contribution in [2.75, 3.05) is 24.7 Å². The average Bonchev–Trinajstić information content (AvgIpc) is 3.42. The van der Waals surface area contributed by atoms with Crippen molar-refractivity contribution < 1.29 is 14.6 Å². The number of rotatable bonds is 7. The third-order valence-electron chi connectivity index (χ3n) is 6.08. The van der Waals surface area contributed by atoms with Crippen LogP contribution >= 0.6 is 23.2 Å². The summed E-state index contributed by atoms with van der Waals surface area (Å²) in [4.78, 5) is 22.1. The van der Waals surface area contributed by atoms with Gasteiger partial charge in [0.15, 0.2) is 0 Å². The van der Waals surface area contributed by atoms with Crippen LogP contribution in [0.15, 0.2) is 36.9 Å². The van der Waals surface area contributed by atoms with E-state index in [0.717, 1.165) is 36.3 Å². The Morgan fingerprint density at radius 3 is 2.90 bits per heavy atom. The molecule has 2 bridgehead atoms. The number of ether oxygens (including phenoxy) is 1. The molecule has 0 spiro atoms. The fourth-order valence-electron chi connectivity index (χ4n) is 4.73. The van der Waals surface area contributed by atoms with Crippen molar-refractivity contribution in [3.63, 3.8) is 0 Å². The van der Waals surface area contributed by atoms with Gasteiger partial charge >= 0.3 is 5.97 Å². The summed E-state index contributed by atoms with van der Waals surface area (Å²) in [5.74, 6) is 0.559. The quantitative estimate of drug-likeness (QED) is 0.548. The molecule has 0 unspecified atom stereocenters. The normalized spacial score (nSPS) is 22.5. The second kappa shape index (κ2) is 7.41. The SMILES string of the molecule is O=C(O)CCOCC12CC(CN1c1cc(-n3ccnc3)c3ccc(Cl)c(Cl)c3n1)C2. The minimum Gasteiger partial charge on any atom is -0.481 e. The summed E-state index contributed by atoms with van der Waals surface area (Å²) in [7, 11) is 0. The van der Waals surface area contributed by atoms with Crippen molar-refractivity contribution in [2.45, 2.75) is 24.8 Å². The van der Waals surface area contributed by atoms with E-state index >= 15 is 0 Å². The van der Waals surface area contributed by atoms with Crippen LogP contribution in [0.4, 0.5) is 5.82 Å². The van der Waals surface area contributed by atoms with Crippen LogP contribution in [-0.2, 0) is 9.53 Å². The summed E-state index contributed by atoms with van der Waals surface area (Å²) in [6.45, 7) is 1.59. The number of imidazole rings is 1. The highest BCUT2D eigenvalue weighted by molar-refractivity contribution is 6.45. The number of carboxylic acid groups (broad SMARTS) is 1. The zero-order valence-electron chi connectivity index (χ0n) is 16.1. The minimum absolute atomic E-state index is 0.00657. The predicted molar refractivity (Wildman–Crippen MR) is 115 cm³/mol. The Hall–Kier alpha value is -2.35. The van der Waals surface area contributed by atoms with Crippen LogP contribution in [0.1, 0.15) is 19.3 Å². The van der Waals surface area contributed by atoms with Crippen molar-refractivity contribution in [3.8, 4) is 5.69 Å². The number of carbonyl (C=O) groups is 1. The number of halogens is 2. The van der Waals surface area contributed by atoms with Crippen LogP contribution in [0.5, 0.6) is 0 Å². The standard InChI is InChI=1S/C21H20Cl2N4O3/c22-15-2-1-14-16(26-5-4-24-12-26)7-17(25-20(14)19(15)23)27-10-13-8-21(27,9-13)11-30-6-3-18(28)29/h1-2,4-5,7,12-13H,3,6,8-11H2,(H,28,29). The molecule has 1 saturated carbocycles. The lowest BCUT2D eigenvalue weighted by Gasteiger charge is -2.42. The first-order valence-corrected chi connectivity index (χ1v) is 10.6. The number of fused-ring (bicyclic) bond motifs is 2. The smallest absolute Gasteiger partial charge is 0.305 e. The molecule has 6 rings (SSSR count). The van der Waals surface area contributed by atoms with Gasteiger partial charge in [-0.3, -0.25) is 4.79 Å². The molecule has 7 nitrogen and oxygen atoms in total. The van der Waals surface area contributed by atoms with E-state index in [1.807, 2.05) is 22.9 Å². The Labute approximate surface area is 183 Å². The van der Waals surface area contributed by atoms with E-state index < -0.39 is 5.97 Å². The van der Waals surface area contributed by atoms with Gasteiger partial charge in [0.1, 0.15) is 5.82 Å². The lowest BCUT2D eigenvalue weighted by atomic mass is 9.74. The van der Waals surface area contributed by atoms with Crippen molar-refractivity contribution in [2.24, 2.45) is 5.92 Å². The Morgan fingerprint density at radius 2 is 2.17 bits per heavy atom. The van der Waals surface area contributed by atoms with Gasteiger partial charge < -0.3 is 19.3 Å². The second-order valence-electron chi connectivity index (χ2n) is 8.03. The molecule has 0 amide bonds. The van der Waals surface area contributed by atoms with Crippen LogP contribution in [0.25, 0.3) is 16.6 Å². The maximum Gasteiger partial charge on any atom is 0.305 e. The molecule has 4 heterocycles. The van der Waals surface area contributed by atoms with E-state index in [9.17, 15) is 4.79 Å². The Kier molecular flexibility index (Phi) is 4.84. The van der Waals surface area contributed by atoms with Gasteiger partial charge in [0.2, 0.25) is 0 Å². The van der Waals surface area contributed by atoms with Gasteiger partial charge in [-0.15, -0.1) is 0 Å². The maximum absolute atomic E-state index is 10.8. The summed E-state index contributed by atoms with van der Waals surface area (Å²) >= 11 is 12.8. The number of pyridine rings is 1. The molecule has 3 fully saturated rings. The number of nitrogens with zero attached hydrogens (tertiary/aromatic N) is 4. The molecule has 3 aromatic rings. The fourth-order valence-corrected chi connectivity index (χ4v) is 5.09. The molecule has 9 heteroatoms. The van der Waals surface area contributed by atoms with Gasteiger partial charge in [-0.1, -0.05) is 23.2 Å². The Bertz CT molecular complexity index is 1110. The molecule has 0 atom stereocenters. The lowest BCUT2D eigenvalue weighted by Crippen LogP contribution is -2.50. The lowest BCUT2D eigenvalue weighted by molar-refractivity contribution is -0.138. The summed E-state index contributed by atoms with van der Waals surface area (Å²) < 4.78 is 7.68. The largest absolute Gasteiger partial charge is 0.481 e. The molecule has 0 radical (unpaired) electrons. The fraction of sp³-hybridized carbons (Fsp3) is 0.381. The first-order valence-electron chi connectivity index (χ1n) is 9.81. The number of benzene rings is 1. The van der Waals surface area contributed by atoms with Gasteiger partial charge in [0, 0.05) is 30.4 Å². The highest BCUT2D eigenvalue weighted by Gasteiger charge is 2.56. The van der Waals surface area contributed by atoms with Crippen LogP contribution in [0.2, 0.25) is 10.0 Å². The number of carboxylic acids is 1. The minimum atomic E-state index is -0.852. The summed E-state index contributed by atoms with van der Waals surface area (Å²) in [5, 5.41) is 10.6. The summed E-state index contributed by atoms with van der Waals surface area (Å²) in [6.07, 6.45) is 7.40. The predicted octanol–water partition coefficient (Wildman–Crippen LogP) is 4.19. The molecule has 2 saturated heterocycles. The van der Waals surface area contributed by atoms with Gasteiger partial charge in [-0.2, -0.15) is 0 Å². The molecular weight excluding hydrogens is 427 g/mol. The zero-order chi connectivity index (χ0) is 20.9. The summed E-state index contributed by atoms with van der Waals surface area (Å²) in [6, 6.07) is 5.75. The van der Waals surface area contributed by atoms with Gasteiger partial charge in [0.25, 0.3) is 0 Å². The molecule has 2 aromatic heterocycles. The molecule has 1 aliphatic carbocycles. The van der Waals surface area contributed by atoms with Crippen LogP contribution in [0, 0.1) is 5.92 Å². The van der Waals surface area contributed by atoms with Crippen molar-refractivity contribution in [1.82, 2.24) is 14.5 Å². The van der Waals surface area contributed by atoms with Crippen molar-refractivity contribution in [3.05, 3.63) is 47.0 Å². The van der Waals surface area contributed by atoms with E-state index in [-0.39, 0.29) is 18.6 Å². The van der Waals surface area contributed by atoms with E-state index in [2.05, 4.69) is 9.88 Å².